The van der Waals surface area contributed by atoms with E-state index in [0.717, 1.165) is 12.1 Å². The van der Waals surface area contributed by atoms with Crippen molar-refractivity contribution in [3.05, 3.63) is 29.8 Å². The van der Waals surface area contributed by atoms with Crippen LogP contribution in [0.4, 0.5) is 32.0 Å². The lowest BCUT2D eigenvalue weighted by molar-refractivity contribution is -0.376. The lowest BCUT2D eigenvalue weighted by Crippen LogP contribution is -2.53. The summed E-state index contributed by atoms with van der Waals surface area (Å²) < 4.78 is 81.7. The fourth-order valence-electron chi connectivity index (χ4n) is 2.15. The van der Waals surface area contributed by atoms with Gasteiger partial charge in [-0.25, -0.2) is 0 Å². The minimum Gasteiger partial charge on any atom is -0.465 e. The molecule has 1 aromatic rings. The van der Waals surface area contributed by atoms with Crippen LogP contribution in [0.25, 0.3) is 0 Å². The van der Waals surface area contributed by atoms with Crippen LogP contribution in [0, 0.1) is 0 Å². The summed E-state index contributed by atoms with van der Waals surface area (Å²) in [5.74, 6) is -0.587. The largest absolute Gasteiger partial charge is 0.465 e. The summed E-state index contributed by atoms with van der Waals surface area (Å²) in [6, 6.07) is 3.01. The zero-order chi connectivity index (χ0) is 19.5. The molecule has 0 aliphatic rings. The number of carbonyl (C=O) groups excluding carboxylic acids is 1. The molecule has 0 atom stereocenters. The first-order valence-electron chi connectivity index (χ1n) is 7.25. The third-order valence-electron chi connectivity index (χ3n) is 3.48. The summed E-state index contributed by atoms with van der Waals surface area (Å²) in [6.45, 7) is 3.43. The second-order valence-electron chi connectivity index (χ2n) is 5.07. The maximum Gasteiger partial charge on any atom is 0.430 e. The molecule has 0 radical (unpaired) electrons. The van der Waals surface area contributed by atoms with E-state index in [1.807, 2.05) is 0 Å². The molecule has 1 aromatic carbocycles. The number of hydrogen-bond acceptors (Lipinski definition) is 4. The zero-order valence-electron chi connectivity index (χ0n) is 13.4. The van der Waals surface area contributed by atoms with Gasteiger partial charge in [0.15, 0.2) is 0 Å². The highest BCUT2D eigenvalue weighted by Gasteiger charge is 2.71. The van der Waals surface area contributed by atoms with Crippen LogP contribution in [0.2, 0.25) is 0 Å². The quantitative estimate of drug-likeness (QED) is 0.614. The highest BCUT2D eigenvalue weighted by Crippen LogP contribution is 2.50. The van der Waals surface area contributed by atoms with Gasteiger partial charge in [-0.1, -0.05) is 12.1 Å². The Labute approximate surface area is 140 Å². The number of likely N-dealkylation sites (N-methyl/N-ethyl adjacent to an activating group) is 1. The van der Waals surface area contributed by atoms with Gasteiger partial charge in [0.25, 0.3) is 5.60 Å². The molecule has 10 heteroatoms. The molecule has 0 aromatic heterocycles. The van der Waals surface area contributed by atoms with Crippen molar-refractivity contribution in [3.8, 4) is 0 Å². The minimum absolute atomic E-state index is 0.138. The molecule has 0 aliphatic heterocycles. The third-order valence-corrected chi connectivity index (χ3v) is 3.48. The Hall–Kier alpha value is -1.97. The van der Waals surface area contributed by atoms with Crippen LogP contribution in [0.5, 0.6) is 0 Å². The topological polar surface area (TPSA) is 49.8 Å². The van der Waals surface area contributed by atoms with E-state index >= 15 is 0 Å². The van der Waals surface area contributed by atoms with E-state index in [9.17, 15) is 36.2 Å². The average molecular weight is 373 g/mol. The van der Waals surface area contributed by atoms with Crippen LogP contribution >= 0.6 is 0 Å². The van der Waals surface area contributed by atoms with Crippen molar-refractivity contribution in [3.63, 3.8) is 0 Å². The molecule has 0 saturated heterocycles. The molecule has 0 amide bonds. The monoisotopic (exact) mass is 373 g/mol. The predicted molar refractivity (Wildman–Crippen MR) is 77.0 cm³/mol. The number of benzene rings is 1. The highest BCUT2D eigenvalue weighted by molar-refractivity contribution is 5.75. The van der Waals surface area contributed by atoms with Crippen LogP contribution in [0.1, 0.15) is 19.4 Å². The Morgan fingerprint density at radius 1 is 1.04 bits per heavy atom. The van der Waals surface area contributed by atoms with Crippen LogP contribution < -0.4 is 4.90 Å². The average Bonchev–Trinajstić information content (AvgIpc) is 2.50. The number of rotatable bonds is 6. The number of halogens is 6. The number of esters is 1. The summed E-state index contributed by atoms with van der Waals surface area (Å²) in [6.07, 6.45) is -11.9. The molecule has 0 aliphatic carbocycles. The number of anilines is 1. The Kier molecular flexibility index (Phi) is 6.33. The highest BCUT2D eigenvalue weighted by atomic mass is 19.4. The maximum atomic E-state index is 12.8. The number of carbonyl (C=O) groups is 1. The standard InChI is InChI=1S/C15H17F6NO3/c1-3-22(9-12(23)25-4-2)11-7-5-10(6-8-11)13(24,14(16,17)18)15(19,20)21/h5-8,24H,3-4,9H2,1-2H3. The molecule has 0 bridgehead atoms. The van der Waals surface area contributed by atoms with Crippen LogP contribution in [-0.4, -0.2) is 43.1 Å². The molecular formula is C15H17F6NO3. The number of nitrogens with zero attached hydrogens (tertiary/aromatic N) is 1. The zero-order valence-corrected chi connectivity index (χ0v) is 13.4. The van der Waals surface area contributed by atoms with Crippen molar-refractivity contribution in [2.45, 2.75) is 31.8 Å². The predicted octanol–water partition coefficient (Wildman–Crippen LogP) is 3.39. The minimum atomic E-state index is -5.94. The molecule has 142 valence electrons. The fraction of sp³-hybridized carbons (Fsp3) is 0.533. The van der Waals surface area contributed by atoms with Gasteiger partial charge in [-0.3, -0.25) is 4.79 Å². The number of hydrogen-bond donors (Lipinski definition) is 1. The second kappa shape index (κ2) is 7.51. The first-order valence-corrected chi connectivity index (χ1v) is 7.25. The molecule has 4 nitrogen and oxygen atoms in total. The summed E-state index contributed by atoms with van der Waals surface area (Å²) in [4.78, 5) is 12.9. The molecular weight excluding hydrogens is 356 g/mol. The van der Waals surface area contributed by atoms with Crippen LogP contribution in [0.3, 0.4) is 0 Å². The van der Waals surface area contributed by atoms with Crippen molar-refractivity contribution in [2.24, 2.45) is 0 Å². The van der Waals surface area contributed by atoms with Gasteiger partial charge in [0.05, 0.1) is 6.61 Å². The molecule has 0 spiro atoms. The Bertz CT molecular complexity index is 568. The van der Waals surface area contributed by atoms with Crippen LogP contribution in [-0.2, 0) is 15.1 Å². The smallest absolute Gasteiger partial charge is 0.430 e. The van der Waals surface area contributed by atoms with E-state index in [4.69, 9.17) is 4.74 Å². The van der Waals surface area contributed by atoms with E-state index < -0.39 is 29.5 Å². The molecule has 1 rings (SSSR count). The number of ether oxygens (including phenoxy) is 1. The Morgan fingerprint density at radius 2 is 1.52 bits per heavy atom. The Balaban J connectivity index is 3.17. The van der Waals surface area contributed by atoms with Crippen molar-refractivity contribution in [2.75, 3.05) is 24.6 Å². The SMILES string of the molecule is CCOC(=O)CN(CC)c1ccc(C(O)(C(F)(F)F)C(F)(F)F)cc1. The van der Waals surface area contributed by atoms with Gasteiger partial charge in [0, 0.05) is 17.8 Å². The van der Waals surface area contributed by atoms with Crippen molar-refractivity contribution < 1.29 is 41.0 Å². The molecule has 0 saturated carbocycles. The summed E-state index contributed by atoms with van der Waals surface area (Å²) in [7, 11) is 0. The molecule has 0 unspecified atom stereocenters. The van der Waals surface area contributed by atoms with Crippen molar-refractivity contribution in [1.29, 1.82) is 0 Å². The lowest BCUT2D eigenvalue weighted by atomic mass is 9.92. The summed E-state index contributed by atoms with van der Waals surface area (Å²) in [5, 5.41) is 9.32. The lowest BCUT2D eigenvalue weighted by Gasteiger charge is -2.33. The third kappa shape index (κ3) is 4.36. The van der Waals surface area contributed by atoms with Crippen molar-refractivity contribution >= 4 is 11.7 Å². The number of aliphatic hydroxyl groups is 1. The molecule has 0 fully saturated rings. The van der Waals surface area contributed by atoms with Crippen molar-refractivity contribution in [1.82, 2.24) is 0 Å². The fourth-order valence-corrected chi connectivity index (χ4v) is 2.15. The van der Waals surface area contributed by atoms with Gasteiger partial charge in [0.1, 0.15) is 6.54 Å². The first-order chi connectivity index (χ1) is 11.4. The van der Waals surface area contributed by atoms with E-state index in [1.54, 1.807) is 13.8 Å². The van der Waals surface area contributed by atoms with Gasteiger partial charge < -0.3 is 14.7 Å². The van der Waals surface area contributed by atoms with E-state index in [-0.39, 0.29) is 25.4 Å². The number of alkyl halides is 6. The van der Waals surface area contributed by atoms with E-state index in [0.29, 0.717) is 12.1 Å². The van der Waals surface area contributed by atoms with E-state index in [2.05, 4.69) is 0 Å². The molecule has 0 heterocycles. The van der Waals surface area contributed by atoms with E-state index in [1.165, 1.54) is 4.90 Å². The molecule has 1 N–H and O–H groups in total. The van der Waals surface area contributed by atoms with Gasteiger partial charge in [-0.2, -0.15) is 26.3 Å². The first kappa shape index (κ1) is 21.1. The summed E-state index contributed by atoms with van der Waals surface area (Å²) >= 11 is 0. The van der Waals surface area contributed by atoms with Gasteiger partial charge in [0.2, 0.25) is 0 Å². The summed E-state index contributed by atoms with van der Waals surface area (Å²) in [5.41, 5.74) is -6.12. The Morgan fingerprint density at radius 3 is 1.88 bits per heavy atom. The van der Waals surface area contributed by atoms with Gasteiger partial charge in [-0.05, 0) is 26.0 Å². The second-order valence-corrected chi connectivity index (χ2v) is 5.07. The van der Waals surface area contributed by atoms with Crippen LogP contribution in [0.15, 0.2) is 24.3 Å². The van der Waals surface area contributed by atoms with Gasteiger partial charge >= 0.3 is 18.3 Å². The molecule has 25 heavy (non-hydrogen) atoms. The van der Waals surface area contributed by atoms with Gasteiger partial charge in [-0.15, -0.1) is 0 Å². The maximum absolute atomic E-state index is 12.8. The normalized spacial score (nSPS) is 12.8.